The molecular formula is C27H22F4N4O2S. The number of thiophene rings is 1. The van der Waals surface area contributed by atoms with Crippen LogP contribution in [0, 0.1) is 29.5 Å². The third kappa shape index (κ3) is 4.89. The van der Waals surface area contributed by atoms with Gasteiger partial charge in [-0.3, -0.25) is 0 Å². The van der Waals surface area contributed by atoms with Crippen LogP contribution in [-0.2, 0) is 4.84 Å². The van der Waals surface area contributed by atoms with E-state index in [4.69, 9.17) is 9.57 Å². The molecule has 0 fully saturated rings. The fourth-order valence-corrected chi connectivity index (χ4v) is 5.08. The quantitative estimate of drug-likeness (QED) is 0.204. The van der Waals surface area contributed by atoms with Crippen molar-refractivity contribution in [3.8, 4) is 11.4 Å². The molecule has 0 radical (unpaired) electrons. The Morgan fingerprint density at radius 2 is 1.79 bits per heavy atom. The fraction of sp³-hybridized carbons (Fsp3) is 0.185. The van der Waals surface area contributed by atoms with Gasteiger partial charge in [-0.1, -0.05) is 17.3 Å². The normalized spacial score (nSPS) is 17.6. The summed E-state index contributed by atoms with van der Waals surface area (Å²) in [6, 6.07) is 9.40. The first-order chi connectivity index (χ1) is 18.2. The largest absolute Gasteiger partial charge is 0.495 e. The molecule has 0 N–H and O–H groups in total. The van der Waals surface area contributed by atoms with Gasteiger partial charge in [0.15, 0.2) is 34.5 Å². The highest BCUT2D eigenvalue weighted by Crippen LogP contribution is 2.42. The molecule has 1 unspecified atom stereocenters. The summed E-state index contributed by atoms with van der Waals surface area (Å²) >= 11 is 0.835. The first-order valence-electron chi connectivity index (χ1n) is 11.5. The molecule has 5 rings (SSSR count). The number of benzene rings is 2. The predicted molar refractivity (Wildman–Crippen MR) is 136 cm³/mol. The molecule has 0 aliphatic carbocycles. The van der Waals surface area contributed by atoms with Crippen LogP contribution >= 0.6 is 11.3 Å². The van der Waals surface area contributed by atoms with Crippen LogP contribution in [0.4, 0.5) is 17.6 Å². The first kappa shape index (κ1) is 25.5. The van der Waals surface area contributed by atoms with E-state index >= 15 is 0 Å². The molecule has 0 saturated carbocycles. The molecule has 38 heavy (non-hydrogen) atoms. The number of hydrogen-bond donors (Lipinski definition) is 0. The van der Waals surface area contributed by atoms with E-state index in [0.29, 0.717) is 16.5 Å². The summed E-state index contributed by atoms with van der Waals surface area (Å²) in [4.78, 5) is 12.1. The molecule has 11 heteroatoms. The maximum absolute atomic E-state index is 14.2. The average molecular weight is 543 g/mol. The van der Waals surface area contributed by atoms with Crippen molar-refractivity contribution in [1.29, 1.82) is 0 Å². The van der Waals surface area contributed by atoms with Crippen LogP contribution in [0.3, 0.4) is 0 Å². The number of aromatic nitrogens is 2. The van der Waals surface area contributed by atoms with Crippen molar-refractivity contribution in [3.05, 3.63) is 105 Å². The van der Waals surface area contributed by atoms with Crippen molar-refractivity contribution in [2.75, 3.05) is 14.2 Å². The van der Waals surface area contributed by atoms with E-state index in [1.807, 2.05) is 35.9 Å². The van der Waals surface area contributed by atoms with Gasteiger partial charge in [-0.2, -0.15) is 4.39 Å². The SMILES string of the molecule is COc1cc(C=CC2=NOC(c3ccc(F)s3)[C@H](c3cc(F)c(F)c(F)c3)N2C)ccc1-n1cnc(C)c1. The summed E-state index contributed by atoms with van der Waals surface area (Å²) in [5, 5.41) is 3.73. The van der Waals surface area contributed by atoms with Gasteiger partial charge in [-0.25, -0.2) is 18.2 Å². The number of rotatable bonds is 6. The standard InChI is InChI=1S/C27H22F4N4O2S/c1-15-13-35(14-32-15)20-6-4-16(10-21(20)36-3)5-9-24-33-37-27(22-7-8-23(30)38-22)26(34(24)2)17-11-18(28)25(31)19(29)12-17/h4-14,26-27H,1-3H3/t26-,27?/m0/s1. The Kier molecular flexibility index (Phi) is 6.94. The summed E-state index contributed by atoms with van der Waals surface area (Å²) in [5.74, 6) is -3.27. The molecule has 2 aromatic carbocycles. The van der Waals surface area contributed by atoms with Crippen LogP contribution in [0.15, 0.2) is 66.2 Å². The Labute approximate surface area is 220 Å². The van der Waals surface area contributed by atoms with Crippen LogP contribution < -0.4 is 4.74 Å². The molecule has 2 aromatic heterocycles. The molecule has 0 amide bonds. The molecule has 1 aliphatic rings. The van der Waals surface area contributed by atoms with Gasteiger partial charge in [0, 0.05) is 13.2 Å². The minimum Gasteiger partial charge on any atom is -0.495 e. The second-order valence-corrected chi connectivity index (χ2v) is 9.72. The maximum Gasteiger partial charge on any atom is 0.194 e. The highest BCUT2D eigenvalue weighted by atomic mass is 32.1. The summed E-state index contributed by atoms with van der Waals surface area (Å²) < 4.78 is 63.2. The zero-order chi connectivity index (χ0) is 27.0. The first-order valence-corrected chi connectivity index (χ1v) is 12.3. The van der Waals surface area contributed by atoms with E-state index in [-0.39, 0.29) is 5.56 Å². The number of hydrogen-bond acceptors (Lipinski definition) is 6. The highest BCUT2D eigenvalue weighted by Gasteiger charge is 2.37. The van der Waals surface area contributed by atoms with Gasteiger partial charge < -0.3 is 19.0 Å². The second-order valence-electron chi connectivity index (χ2n) is 8.66. The molecule has 0 spiro atoms. The zero-order valence-corrected chi connectivity index (χ0v) is 21.3. The number of oxime groups is 1. The molecule has 1 aliphatic heterocycles. The summed E-state index contributed by atoms with van der Waals surface area (Å²) in [6.07, 6.45) is 6.15. The lowest BCUT2D eigenvalue weighted by Gasteiger charge is -2.37. The van der Waals surface area contributed by atoms with Gasteiger partial charge in [0.25, 0.3) is 0 Å². The average Bonchev–Trinajstić information content (AvgIpc) is 3.53. The number of imidazole rings is 1. The lowest BCUT2D eigenvalue weighted by molar-refractivity contribution is -0.0120. The van der Waals surface area contributed by atoms with Gasteiger partial charge in [0.1, 0.15) is 11.8 Å². The summed E-state index contributed by atoms with van der Waals surface area (Å²) in [7, 11) is 3.24. The van der Waals surface area contributed by atoms with E-state index in [1.54, 1.807) is 37.5 Å². The van der Waals surface area contributed by atoms with Crippen LogP contribution in [0.25, 0.3) is 11.8 Å². The van der Waals surface area contributed by atoms with Gasteiger partial charge in [-0.05, 0) is 60.5 Å². The summed E-state index contributed by atoms with van der Waals surface area (Å²) in [5.41, 5.74) is 2.59. The smallest absolute Gasteiger partial charge is 0.194 e. The van der Waals surface area contributed by atoms with Gasteiger partial charge >= 0.3 is 0 Å². The molecular weight excluding hydrogens is 520 g/mol. The molecule has 196 valence electrons. The van der Waals surface area contributed by atoms with E-state index in [1.165, 1.54) is 12.1 Å². The van der Waals surface area contributed by atoms with Crippen LogP contribution in [0.2, 0.25) is 0 Å². The van der Waals surface area contributed by atoms with E-state index in [0.717, 1.165) is 40.4 Å². The molecule has 3 heterocycles. The number of likely N-dealkylation sites (N-methyl/N-ethyl adjacent to an activating group) is 1. The van der Waals surface area contributed by atoms with Gasteiger partial charge in [-0.15, -0.1) is 11.3 Å². The molecule has 0 saturated heterocycles. The van der Waals surface area contributed by atoms with Gasteiger partial charge in [0.05, 0.1) is 29.7 Å². The predicted octanol–water partition coefficient (Wildman–Crippen LogP) is 6.58. The minimum absolute atomic E-state index is 0.116. The van der Waals surface area contributed by atoms with E-state index in [2.05, 4.69) is 10.1 Å². The minimum atomic E-state index is -1.57. The van der Waals surface area contributed by atoms with Gasteiger partial charge in [0.2, 0.25) is 0 Å². The molecule has 0 bridgehead atoms. The number of halogens is 4. The lowest BCUT2D eigenvalue weighted by atomic mass is 9.97. The number of ether oxygens (including phenoxy) is 1. The van der Waals surface area contributed by atoms with Crippen LogP contribution in [0.1, 0.15) is 33.8 Å². The Morgan fingerprint density at radius 3 is 2.42 bits per heavy atom. The summed E-state index contributed by atoms with van der Waals surface area (Å²) in [6.45, 7) is 1.89. The number of amidine groups is 1. The molecule has 2 atom stereocenters. The van der Waals surface area contributed by atoms with E-state index < -0.39 is 34.7 Å². The van der Waals surface area contributed by atoms with Crippen LogP contribution in [-0.4, -0.2) is 34.4 Å². The monoisotopic (exact) mass is 542 g/mol. The Hall–Kier alpha value is -4.12. The van der Waals surface area contributed by atoms with Crippen molar-refractivity contribution in [3.63, 3.8) is 0 Å². The number of methoxy groups -OCH3 is 1. The lowest BCUT2D eigenvalue weighted by Crippen LogP contribution is -2.38. The topological polar surface area (TPSA) is 51.9 Å². The Morgan fingerprint density at radius 1 is 1.03 bits per heavy atom. The number of nitrogens with zero attached hydrogens (tertiary/aromatic N) is 4. The van der Waals surface area contributed by atoms with Crippen molar-refractivity contribution >= 4 is 23.2 Å². The third-order valence-electron chi connectivity index (χ3n) is 6.17. The second kappa shape index (κ2) is 10.3. The third-order valence-corrected chi connectivity index (χ3v) is 7.10. The molecule has 6 nitrogen and oxygen atoms in total. The number of aryl methyl sites for hydroxylation is 1. The van der Waals surface area contributed by atoms with Crippen molar-refractivity contribution < 1.29 is 27.1 Å². The maximum atomic E-state index is 14.2. The Balaban J connectivity index is 1.48. The zero-order valence-electron chi connectivity index (χ0n) is 20.5. The highest BCUT2D eigenvalue weighted by molar-refractivity contribution is 7.10. The van der Waals surface area contributed by atoms with Crippen LogP contribution in [0.5, 0.6) is 5.75 Å². The van der Waals surface area contributed by atoms with E-state index in [9.17, 15) is 17.6 Å². The van der Waals surface area contributed by atoms with Crippen molar-refractivity contribution in [1.82, 2.24) is 14.5 Å². The Bertz CT molecular complexity index is 1520. The molecule has 4 aromatic rings. The fourth-order valence-electron chi connectivity index (χ4n) is 4.29. The van der Waals surface area contributed by atoms with Crippen molar-refractivity contribution in [2.45, 2.75) is 19.1 Å². The van der Waals surface area contributed by atoms with Crippen molar-refractivity contribution in [2.24, 2.45) is 5.16 Å².